The fourth-order valence-electron chi connectivity index (χ4n) is 2.79. The van der Waals surface area contributed by atoms with Crippen molar-refractivity contribution in [2.75, 3.05) is 5.75 Å². The summed E-state index contributed by atoms with van der Waals surface area (Å²) in [4.78, 5) is 11.0. The Bertz CT molecular complexity index is 1200. The number of nitrogens with one attached hydrogen (secondary N) is 1. The second kappa shape index (κ2) is 6.08. The van der Waals surface area contributed by atoms with Crippen molar-refractivity contribution in [1.29, 1.82) is 0 Å². The number of benzene rings is 1. The first-order valence-electron chi connectivity index (χ1n) is 7.99. The second-order valence-corrected chi connectivity index (χ2v) is 9.04. The van der Waals surface area contributed by atoms with E-state index in [9.17, 15) is 26.0 Å². The lowest BCUT2D eigenvalue weighted by molar-refractivity contribution is -0.391. The van der Waals surface area contributed by atoms with Crippen LogP contribution >= 0.6 is 15.9 Å². The van der Waals surface area contributed by atoms with Crippen molar-refractivity contribution in [3.63, 3.8) is 0 Å². The number of sulfone groups is 1. The molecule has 0 bridgehead atoms. The Labute approximate surface area is 168 Å². The van der Waals surface area contributed by atoms with Gasteiger partial charge in [0.05, 0.1) is 16.8 Å². The number of hydrogen-bond donors (Lipinski definition) is 1. The molecule has 29 heavy (non-hydrogen) atoms. The molecule has 156 valence electrons. The zero-order valence-electron chi connectivity index (χ0n) is 14.6. The first kappa shape index (κ1) is 19.9. The highest BCUT2D eigenvalue weighted by atomic mass is 79.9. The third-order valence-electron chi connectivity index (χ3n) is 4.25. The van der Waals surface area contributed by atoms with Crippen LogP contribution in [0, 0.1) is 0 Å². The topological polar surface area (TPSA) is 99.1 Å². The van der Waals surface area contributed by atoms with Gasteiger partial charge in [0.15, 0.2) is 36.9 Å². The first-order chi connectivity index (χ1) is 13.4. The number of alkyl halides is 4. The van der Waals surface area contributed by atoms with Crippen LogP contribution in [0.4, 0.5) is 17.6 Å². The number of aromatic nitrogens is 4. The maximum Gasteiger partial charge on any atom is 0.507 e. The van der Waals surface area contributed by atoms with Crippen LogP contribution in [0.2, 0.25) is 0 Å². The number of nitrogens with zero attached hydrogens (tertiary/aromatic N) is 3. The number of halogens is 5. The Balaban J connectivity index is 1.89. The molecule has 4 rings (SSSR count). The van der Waals surface area contributed by atoms with Crippen LogP contribution in [0.3, 0.4) is 0 Å². The van der Waals surface area contributed by atoms with E-state index in [1.165, 1.54) is 18.5 Å². The van der Waals surface area contributed by atoms with Crippen molar-refractivity contribution >= 4 is 36.8 Å². The van der Waals surface area contributed by atoms with Gasteiger partial charge in [-0.05, 0) is 15.9 Å². The van der Waals surface area contributed by atoms with Crippen molar-refractivity contribution in [3.8, 4) is 23.0 Å². The minimum absolute atomic E-state index is 0.00538. The van der Waals surface area contributed by atoms with E-state index in [0.29, 0.717) is 0 Å². The average molecular weight is 499 g/mol. The van der Waals surface area contributed by atoms with Crippen molar-refractivity contribution in [2.45, 2.75) is 24.2 Å². The fourth-order valence-corrected chi connectivity index (χ4v) is 4.48. The van der Waals surface area contributed by atoms with E-state index in [1.54, 1.807) is 0 Å². The van der Waals surface area contributed by atoms with E-state index in [1.807, 2.05) is 0 Å². The summed E-state index contributed by atoms with van der Waals surface area (Å²) in [7, 11) is -2.23. The minimum Gasteiger partial charge on any atom is -0.421 e. The Morgan fingerprint density at radius 2 is 1.72 bits per heavy atom. The summed E-state index contributed by atoms with van der Waals surface area (Å²) in [6.45, 7) is 1.46. The van der Waals surface area contributed by atoms with Gasteiger partial charge < -0.3 is 19.0 Å². The fraction of sp³-hybridized carbons (Fsp3) is 0.333. The Morgan fingerprint density at radius 1 is 1.14 bits per heavy atom. The predicted molar refractivity (Wildman–Crippen MR) is 94.9 cm³/mol. The van der Waals surface area contributed by atoms with Gasteiger partial charge in [-0.1, -0.05) is 6.92 Å². The van der Waals surface area contributed by atoms with Gasteiger partial charge in [-0.25, -0.2) is 18.4 Å². The molecule has 2 aromatic heterocycles. The SMILES string of the molecule is CCS(=O)(=O)c1c(-c2nc3cc4c(cc3[nH]2)OC(F)(F)C(F)(F)O4)nc(Br)n1C. The van der Waals surface area contributed by atoms with E-state index in [2.05, 4.69) is 40.4 Å². The molecule has 3 aromatic rings. The normalized spacial score (nSPS) is 17.6. The van der Waals surface area contributed by atoms with Crippen LogP contribution in [0.15, 0.2) is 21.9 Å². The summed E-state index contributed by atoms with van der Waals surface area (Å²) in [5.74, 6) is -1.46. The molecule has 14 heteroatoms. The first-order valence-corrected chi connectivity index (χ1v) is 10.4. The van der Waals surface area contributed by atoms with E-state index in [4.69, 9.17) is 0 Å². The van der Waals surface area contributed by atoms with Gasteiger partial charge in [0.1, 0.15) is 5.69 Å². The summed E-state index contributed by atoms with van der Waals surface area (Å²) in [5, 5.41) is -0.124. The van der Waals surface area contributed by atoms with Gasteiger partial charge in [0, 0.05) is 19.2 Å². The molecule has 0 atom stereocenters. The average Bonchev–Trinajstić information content (AvgIpc) is 3.14. The molecule has 1 aliphatic heterocycles. The monoisotopic (exact) mass is 498 g/mol. The van der Waals surface area contributed by atoms with E-state index in [0.717, 1.165) is 12.1 Å². The van der Waals surface area contributed by atoms with Crippen molar-refractivity contribution in [2.24, 2.45) is 7.05 Å². The lowest BCUT2D eigenvalue weighted by Gasteiger charge is -2.31. The predicted octanol–water partition coefficient (Wildman–Crippen LogP) is 3.48. The molecule has 8 nitrogen and oxygen atoms in total. The summed E-state index contributed by atoms with van der Waals surface area (Å²) in [5.41, 5.74) is 0.169. The summed E-state index contributed by atoms with van der Waals surface area (Å²) in [6, 6.07) is 2.00. The number of imidazole rings is 2. The van der Waals surface area contributed by atoms with Crippen molar-refractivity contribution in [3.05, 3.63) is 16.9 Å². The summed E-state index contributed by atoms with van der Waals surface area (Å²) >= 11 is 3.15. The molecule has 1 N–H and O–H groups in total. The number of H-pyrrole nitrogens is 1. The zero-order valence-corrected chi connectivity index (χ0v) is 17.0. The molecule has 1 aliphatic rings. The zero-order chi connectivity index (χ0) is 21.4. The maximum absolute atomic E-state index is 13.4. The van der Waals surface area contributed by atoms with E-state index < -0.39 is 33.6 Å². The Hall–Kier alpha value is -2.35. The quantitative estimate of drug-likeness (QED) is 0.555. The van der Waals surface area contributed by atoms with Gasteiger partial charge in [0.25, 0.3) is 0 Å². The standard InChI is InChI=1S/C15H11BrF4N4O4S/c1-3-29(25,26)12-10(23-13(16)24(12)2)11-21-6-4-8-9(5-7(6)22-11)28-15(19,20)14(17,18)27-8/h4-5H,3H2,1-2H3,(H,21,22). The van der Waals surface area contributed by atoms with Crippen LogP contribution in [-0.2, 0) is 16.9 Å². The third kappa shape index (κ3) is 2.96. The largest absolute Gasteiger partial charge is 0.507 e. The molecule has 1 aromatic carbocycles. The number of rotatable bonds is 3. The van der Waals surface area contributed by atoms with Gasteiger partial charge in [-0.3, -0.25) is 0 Å². The molecule has 0 saturated heterocycles. The van der Waals surface area contributed by atoms with Crippen LogP contribution in [0.25, 0.3) is 22.6 Å². The van der Waals surface area contributed by atoms with Crippen LogP contribution in [-0.4, -0.2) is 45.9 Å². The van der Waals surface area contributed by atoms with Gasteiger partial charge in [0.2, 0.25) is 0 Å². The van der Waals surface area contributed by atoms with Gasteiger partial charge in [-0.2, -0.15) is 17.6 Å². The summed E-state index contributed by atoms with van der Waals surface area (Å²) < 4.78 is 88.2. The summed E-state index contributed by atoms with van der Waals surface area (Å²) in [6.07, 6.45) is -9.72. The molecule has 0 saturated carbocycles. The molecule has 0 aliphatic carbocycles. The minimum atomic E-state index is -4.86. The Kier molecular flexibility index (Phi) is 4.18. The van der Waals surface area contributed by atoms with Crippen LogP contribution in [0.5, 0.6) is 11.5 Å². The number of fused-ring (bicyclic) bond motifs is 2. The molecular formula is C15H11BrF4N4O4S. The Morgan fingerprint density at radius 3 is 2.31 bits per heavy atom. The molecule has 0 amide bonds. The maximum atomic E-state index is 13.4. The van der Waals surface area contributed by atoms with Crippen LogP contribution in [0.1, 0.15) is 6.92 Å². The highest BCUT2D eigenvalue weighted by molar-refractivity contribution is 9.10. The highest BCUT2D eigenvalue weighted by Crippen LogP contribution is 2.48. The smallest absolute Gasteiger partial charge is 0.421 e. The molecular weight excluding hydrogens is 488 g/mol. The van der Waals surface area contributed by atoms with Crippen molar-refractivity contribution < 1.29 is 35.5 Å². The number of aromatic amines is 1. The molecule has 0 radical (unpaired) electrons. The highest BCUT2D eigenvalue weighted by Gasteiger charge is 2.66. The van der Waals surface area contributed by atoms with E-state index in [-0.39, 0.29) is 38.1 Å². The second-order valence-electron chi connectivity index (χ2n) is 6.14. The molecule has 0 spiro atoms. The van der Waals surface area contributed by atoms with E-state index >= 15 is 0 Å². The van der Waals surface area contributed by atoms with Gasteiger partial charge >= 0.3 is 12.2 Å². The lowest BCUT2D eigenvalue weighted by atomic mass is 10.2. The number of ether oxygens (including phenoxy) is 2. The molecule has 0 unspecified atom stereocenters. The van der Waals surface area contributed by atoms with Crippen LogP contribution < -0.4 is 9.47 Å². The number of hydrogen-bond acceptors (Lipinski definition) is 6. The third-order valence-corrected chi connectivity index (χ3v) is 6.78. The van der Waals surface area contributed by atoms with Gasteiger partial charge in [-0.15, -0.1) is 0 Å². The lowest BCUT2D eigenvalue weighted by Crippen LogP contribution is -2.52. The van der Waals surface area contributed by atoms with Crippen molar-refractivity contribution in [1.82, 2.24) is 19.5 Å². The molecule has 3 heterocycles. The molecule has 0 fully saturated rings.